The smallest absolute Gasteiger partial charge is 0.251 e. The first-order chi connectivity index (χ1) is 11.1. The number of morpholine rings is 1. The Morgan fingerprint density at radius 3 is 3.13 bits per heavy atom. The van der Waals surface area contributed by atoms with Crippen LogP contribution in [-0.2, 0) is 16.0 Å². The number of hydrogen-bond acceptors (Lipinski definition) is 5. The number of carbonyl (C=O) groups excluding carboxylic acids is 1. The van der Waals surface area contributed by atoms with Crippen LogP contribution in [0, 0.1) is 6.92 Å². The number of amides is 1. The number of ether oxygens (including phenoxy) is 1. The molecule has 1 saturated heterocycles. The molecule has 1 fully saturated rings. The van der Waals surface area contributed by atoms with E-state index in [-0.39, 0.29) is 11.5 Å². The molecule has 1 atom stereocenters. The van der Waals surface area contributed by atoms with Gasteiger partial charge in [0.25, 0.3) is 5.56 Å². The molecule has 1 aliphatic heterocycles. The highest BCUT2D eigenvalue weighted by Crippen LogP contribution is 2.19. The summed E-state index contributed by atoms with van der Waals surface area (Å²) in [6.07, 6.45) is 3.26. The third-order valence-electron chi connectivity index (χ3n) is 3.69. The number of H-pyrrole nitrogens is 1. The first-order valence-electron chi connectivity index (χ1n) is 7.48. The highest BCUT2D eigenvalue weighted by Gasteiger charge is 2.27. The van der Waals surface area contributed by atoms with Gasteiger partial charge in [0.15, 0.2) is 0 Å². The van der Waals surface area contributed by atoms with Crippen LogP contribution in [0.5, 0.6) is 0 Å². The number of hydrogen-bond donors (Lipinski definition) is 1. The van der Waals surface area contributed by atoms with Crippen molar-refractivity contribution in [3.63, 3.8) is 0 Å². The molecule has 23 heavy (non-hydrogen) atoms. The monoisotopic (exact) mass is 314 g/mol. The lowest BCUT2D eigenvalue weighted by atomic mass is 10.1. The minimum Gasteiger partial charge on any atom is -0.367 e. The van der Waals surface area contributed by atoms with Gasteiger partial charge in [-0.25, -0.2) is 4.98 Å². The fraction of sp³-hybridized carbons (Fsp3) is 0.375. The van der Waals surface area contributed by atoms with Crippen molar-refractivity contribution in [2.24, 2.45) is 0 Å². The molecule has 0 spiro atoms. The van der Waals surface area contributed by atoms with Crippen molar-refractivity contribution in [3.8, 4) is 0 Å². The molecule has 3 heterocycles. The van der Waals surface area contributed by atoms with E-state index in [0.29, 0.717) is 37.6 Å². The van der Waals surface area contributed by atoms with E-state index >= 15 is 0 Å². The molecule has 2 aromatic rings. The molecule has 0 radical (unpaired) electrons. The summed E-state index contributed by atoms with van der Waals surface area (Å²) < 4.78 is 5.67. The molecule has 0 aromatic carbocycles. The van der Waals surface area contributed by atoms with Crippen LogP contribution in [0.25, 0.3) is 0 Å². The Kier molecular flexibility index (Phi) is 4.47. The molecule has 2 aromatic heterocycles. The minimum absolute atomic E-state index is 0.0151. The van der Waals surface area contributed by atoms with Crippen LogP contribution >= 0.6 is 0 Å². The number of aromatic amines is 1. The molecular formula is C16H18N4O3. The van der Waals surface area contributed by atoms with Gasteiger partial charge < -0.3 is 14.6 Å². The number of rotatable bonds is 3. The van der Waals surface area contributed by atoms with E-state index in [4.69, 9.17) is 4.74 Å². The standard InChI is InChI=1S/C16H18N4O3/c1-11-7-14(21)19-16(18-11)13-10-20(5-6-23-13)15(22)8-12-3-2-4-17-9-12/h2-4,7,9,13H,5-6,8,10H2,1H3,(H,18,19,21). The van der Waals surface area contributed by atoms with Crippen molar-refractivity contribution < 1.29 is 9.53 Å². The van der Waals surface area contributed by atoms with Crippen molar-refractivity contribution in [1.29, 1.82) is 0 Å². The maximum atomic E-state index is 12.4. The van der Waals surface area contributed by atoms with E-state index in [0.717, 1.165) is 5.56 Å². The predicted octanol–water partition coefficient (Wildman–Crippen LogP) is 0.616. The van der Waals surface area contributed by atoms with Crippen LogP contribution in [0.4, 0.5) is 0 Å². The van der Waals surface area contributed by atoms with Gasteiger partial charge in [-0.05, 0) is 18.6 Å². The van der Waals surface area contributed by atoms with E-state index in [1.54, 1.807) is 24.2 Å². The molecule has 0 saturated carbocycles. The fourth-order valence-corrected chi connectivity index (χ4v) is 2.59. The van der Waals surface area contributed by atoms with E-state index in [1.165, 1.54) is 6.07 Å². The van der Waals surface area contributed by atoms with Crippen LogP contribution in [0.3, 0.4) is 0 Å². The molecule has 1 amide bonds. The number of carbonyl (C=O) groups is 1. The minimum atomic E-state index is -0.408. The molecule has 0 aliphatic carbocycles. The quantitative estimate of drug-likeness (QED) is 0.897. The molecule has 7 nitrogen and oxygen atoms in total. The molecule has 1 unspecified atom stereocenters. The maximum absolute atomic E-state index is 12.4. The van der Waals surface area contributed by atoms with Crippen LogP contribution in [-0.4, -0.2) is 45.5 Å². The summed E-state index contributed by atoms with van der Waals surface area (Å²) in [5.74, 6) is 0.482. The van der Waals surface area contributed by atoms with Gasteiger partial charge >= 0.3 is 0 Å². The van der Waals surface area contributed by atoms with Gasteiger partial charge in [0.05, 0.1) is 19.6 Å². The number of aromatic nitrogens is 3. The Morgan fingerprint density at radius 2 is 2.39 bits per heavy atom. The summed E-state index contributed by atoms with van der Waals surface area (Å²) in [7, 11) is 0. The van der Waals surface area contributed by atoms with E-state index < -0.39 is 6.10 Å². The molecule has 7 heteroatoms. The van der Waals surface area contributed by atoms with Gasteiger partial charge in [-0.2, -0.15) is 0 Å². The fourth-order valence-electron chi connectivity index (χ4n) is 2.59. The summed E-state index contributed by atoms with van der Waals surface area (Å²) in [6.45, 7) is 3.09. The Hall–Kier alpha value is -2.54. The topological polar surface area (TPSA) is 88.2 Å². The first-order valence-corrected chi connectivity index (χ1v) is 7.48. The molecule has 0 bridgehead atoms. The Labute approximate surface area is 133 Å². The Bertz CT molecular complexity index is 744. The summed E-state index contributed by atoms with van der Waals surface area (Å²) in [4.78, 5) is 36.8. The number of aryl methyl sites for hydroxylation is 1. The first kappa shape index (κ1) is 15.4. The van der Waals surface area contributed by atoms with Gasteiger partial charge in [-0.3, -0.25) is 14.6 Å². The molecule has 3 rings (SSSR count). The largest absolute Gasteiger partial charge is 0.367 e. The zero-order chi connectivity index (χ0) is 16.2. The van der Waals surface area contributed by atoms with Crippen molar-refractivity contribution in [1.82, 2.24) is 19.9 Å². The maximum Gasteiger partial charge on any atom is 0.251 e. The molecular weight excluding hydrogens is 296 g/mol. The van der Waals surface area contributed by atoms with Crippen LogP contribution < -0.4 is 5.56 Å². The third-order valence-corrected chi connectivity index (χ3v) is 3.69. The molecule has 120 valence electrons. The summed E-state index contributed by atoms with van der Waals surface area (Å²) in [5.41, 5.74) is 1.30. The number of nitrogens with one attached hydrogen (secondary N) is 1. The number of nitrogens with zero attached hydrogens (tertiary/aromatic N) is 3. The van der Waals surface area contributed by atoms with Crippen LogP contribution in [0.2, 0.25) is 0 Å². The Morgan fingerprint density at radius 1 is 1.52 bits per heavy atom. The molecule has 1 N–H and O–H groups in total. The van der Waals surface area contributed by atoms with Gasteiger partial charge in [0.2, 0.25) is 5.91 Å². The predicted molar refractivity (Wildman–Crippen MR) is 82.8 cm³/mol. The summed E-state index contributed by atoms with van der Waals surface area (Å²) in [5, 5.41) is 0. The second kappa shape index (κ2) is 6.70. The van der Waals surface area contributed by atoms with Crippen molar-refractivity contribution >= 4 is 5.91 Å². The highest BCUT2D eigenvalue weighted by molar-refractivity contribution is 5.78. The van der Waals surface area contributed by atoms with E-state index in [9.17, 15) is 9.59 Å². The lowest BCUT2D eigenvalue weighted by Crippen LogP contribution is -2.43. The average Bonchev–Trinajstić information content (AvgIpc) is 2.55. The molecule has 1 aliphatic rings. The van der Waals surface area contributed by atoms with Gasteiger partial charge in [-0.1, -0.05) is 6.07 Å². The van der Waals surface area contributed by atoms with Crippen molar-refractivity contribution in [2.75, 3.05) is 19.7 Å². The SMILES string of the molecule is Cc1cc(=O)[nH]c(C2CN(C(=O)Cc3cccnc3)CCO2)n1. The zero-order valence-electron chi connectivity index (χ0n) is 12.9. The second-order valence-corrected chi connectivity index (χ2v) is 5.51. The van der Waals surface area contributed by atoms with Crippen LogP contribution in [0.1, 0.15) is 23.2 Å². The van der Waals surface area contributed by atoms with E-state index in [1.807, 2.05) is 12.1 Å². The van der Waals surface area contributed by atoms with Crippen LogP contribution in [0.15, 0.2) is 35.4 Å². The number of pyridine rings is 1. The second-order valence-electron chi connectivity index (χ2n) is 5.51. The lowest BCUT2D eigenvalue weighted by Gasteiger charge is -2.32. The Balaban J connectivity index is 1.70. The highest BCUT2D eigenvalue weighted by atomic mass is 16.5. The zero-order valence-corrected chi connectivity index (χ0v) is 12.9. The average molecular weight is 314 g/mol. The summed E-state index contributed by atoms with van der Waals surface area (Å²) >= 11 is 0. The lowest BCUT2D eigenvalue weighted by molar-refractivity contribution is -0.138. The van der Waals surface area contributed by atoms with Crippen molar-refractivity contribution in [3.05, 3.63) is 58.0 Å². The van der Waals surface area contributed by atoms with Crippen molar-refractivity contribution in [2.45, 2.75) is 19.4 Å². The van der Waals surface area contributed by atoms with Gasteiger partial charge in [-0.15, -0.1) is 0 Å². The van der Waals surface area contributed by atoms with Gasteiger partial charge in [0.1, 0.15) is 11.9 Å². The summed E-state index contributed by atoms with van der Waals surface area (Å²) in [6, 6.07) is 5.12. The van der Waals surface area contributed by atoms with Gasteiger partial charge in [0, 0.05) is 30.7 Å². The van der Waals surface area contributed by atoms with E-state index in [2.05, 4.69) is 15.0 Å². The third kappa shape index (κ3) is 3.81. The normalized spacial score (nSPS) is 18.0.